The van der Waals surface area contributed by atoms with Crippen molar-refractivity contribution < 1.29 is 4.79 Å². The minimum Gasteiger partial charge on any atom is -0.299 e. The van der Waals surface area contributed by atoms with E-state index < -0.39 is 0 Å². The summed E-state index contributed by atoms with van der Waals surface area (Å²) in [5.41, 5.74) is 0.545. The summed E-state index contributed by atoms with van der Waals surface area (Å²) in [7, 11) is 1.96. The molecule has 4 heteroatoms. The lowest BCUT2D eigenvalue weighted by Crippen LogP contribution is -2.27. The SMILES string of the molecule is CCCCCN(C)CC(=O)c1ccc(Cl)cc1Cl. The predicted octanol–water partition coefficient (Wildman–Crippen LogP) is 4.30. The lowest BCUT2D eigenvalue weighted by atomic mass is 10.1. The van der Waals surface area contributed by atoms with E-state index in [2.05, 4.69) is 6.92 Å². The molecule has 0 aromatic heterocycles. The van der Waals surface area contributed by atoms with E-state index in [1.807, 2.05) is 11.9 Å². The number of Topliss-reactive ketones (excluding diaryl/α,β-unsaturated/α-hetero) is 1. The number of carbonyl (C=O) groups is 1. The highest BCUT2D eigenvalue weighted by Gasteiger charge is 2.12. The van der Waals surface area contributed by atoms with Crippen LogP contribution in [0.3, 0.4) is 0 Å². The monoisotopic (exact) mass is 287 g/mol. The second kappa shape index (κ2) is 7.78. The van der Waals surface area contributed by atoms with Gasteiger partial charge in [-0.25, -0.2) is 0 Å². The van der Waals surface area contributed by atoms with Gasteiger partial charge in [-0.15, -0.1) is 0 Å². The third-order valence-corrected chi connectivity index (χ3v) is 3.34. The molecule has 0 aliphatic rings. The van der Waals surface area contributed by atoms with Crippen LogP contribution in [0.25, 0.3) is 0 Å². The topological polar surface area (TPSA) is 20.3 Å². The van der Waals surface area contributed by atoms with Crippen LogP contribution in [0.1, 0.15) is 36.5 Å². The molecule has 1 aromatic carbocycles. The first-order valence-electron chi connectivity index (χ1n) is 6.21. The Kier molecular flexibility index (Phi) is 6.69. The third kappa shape index (κ3) is 4.97. The fraction of sp³-hybridized carbons (Fsp3) is 0.500. The molecule has 0 saturated heterocycles. The molecule has 0 heterocycles. The van der Waals surface area contributed by atoms with Crippen LogP contribution in [-0.2, 0) is 0 Å². The molecule has 0 amide bonds. The predicted molar refractivity (Wildman–Crippen MR) is 77.8 cm³/mol. The molecule has 0 spiro atoms. The highest BCUT2D eigenvalue weighted by Crippen LogP contribution is 2.21. The summed E-state index contributed by atoms with van der Waals surface area (Å²) >= 11 is 11.8. The van der Waals surface area contributed by atoms with Crippen molar-refractivity contribution in [2.75, 3.05) is 20.1 Å². The molecular formula is C14H19Cl2NO. The summed E-state index contributed by atoms with van der Waals surface area (Å²) in [6, 6.07) is 4.98. The van der Waals surface area contributed by atoms with Gasteiger partial charge >= 0.3 is 0 Å². The molecule has 0 unspecified atom stereocenters. The Hall–Kier alpha value is -0.570. The molecule has 0 aliphatic heterocycles. The first-order valence-corrected chi connectivity index (χ1v) is 6.97. The molecule has 0 bridgehead atoms. The maximum Gasteiger partial charge on any atom is 0.178 e. The molecule has 100 valence electrons. The van der Waals surface area contributed by atoms with Crippen molar-refractivity contribution in [3.8, 4) is 0 Å². The summed E-state index contributed by atoms with van der Waals surface area (Å²) in [5.74, 6) is 0.0377. The molecule has 0 atom stereocenters. The number of benzene rings is 1. The van der Waals surface area contributed by atoms with Crippen molar-refractivity contribution in [2.24, 2.45) is 0 Å². The highest BCUT2D eigenvalue weighted by molar-refractivity contribution is 6.36. The zero-order valence-corrected chi connectivity index (χ0v) is 12.4. The molecule has 0 fully saturated rings. The summed E-state index contributed by atoms with van der Waals surface area (Å²) in [6.07, 6.45) is 3.50. The number of carbonyl (C=O) groups excluding carboxylic acids is 1. The van der Waals surface area contributed by atoms with E-state index in [1.54, 1.807) is 18.2 Å². The van der Waals surface area contributed by atoms with Gasteiger partial charge in [0.2, 0.25) is 0 Å². The Morgan fingerprint density at radius 2 is 2.00 bits per heavy atom. The number of unbranched alkanes of at least 4 members (excludes halogenated alkanes) is 2. The van der Waals surface area contributed by atoms with Crippen LogP contribution in [0.5, 0.6) is 0 Å². The van der Waals surface area contributed by atoms with E-state index in [0.29, 0.717) is 22.2 Å². The fourth-order valence-electron chi connectivity index (χ4n) is 1.76. The molecule has 18 heavy (non-hydrogen) atoms. The van der Waals surface area contributed by atoms with Gasteiger partial charge in [0.15, 0.2) is 5.78 Å². The van der Waals surface area contributed by atoms with Crippen LogP contribution in [0.2, 0.25) is 10.0 Å². The van der Waals surface area contributed by atoms with Crippen molar-refractivity contribution in [3.05, 3.63) is 33.8 Å². The molecule has 0 radical (unpaired) electrons. The molecule has 0 N–H and O–H groups in total. The van der Waals surface area contributed by atoms with E-state index in [-0.39, 0.29) is 5.78 Å². The standard InChI is InChI=1S/C14H19Cl2NO/c1-3-4-5-8-17(2)10-14(18)12-7-6-11(15)9-13(12)16/h6-7,9H,3-5,8,10H2,1-2H3. The largest absolute Gasteiger partial charge is 0.299 e. The van der Waals surface area contributed by atoms with Crippen molar-refractivity contribution in [1.82, 2.24) is 4.90 Å². The molecular weight excluding hydrogens is 269 g/mol. The first-order chi connectivity index (χ1) is 8.54. The van der Waals surface area contributed by atoms with Crippen LogP contribution in [-0.4, -0.2) is 30.8 Å². The Morgan fingerprint density at radius 3 is 2.61 bits per heavy atom. The lowest BCUT2D eigenvalue weighted by Gasteiger charge is -2.15. The van der Waals surface area contributed by atoms with Crippen LogP contribution < -0.4 is 0 Å². The van der Waals surface area contributed by atoms with Crippen LogP contribution in [0, 0.1) is 0 Å². The number of hydrogen-bond acceptors (Lipinski definition) is 2. The van der Waals surface area contributed by atoms with E-state index in [1.165, 1.54) is 12.8 Å². The Bertz CT molecular complexity index is 407. The summed E-state index contributed by atoms with van der Waals surface area (Å²) in [4.78, 5) is 14.1. The molecule has 2 nitrogen and oxygen atoms in total. The van der Waals surface area contributed by atoms with Gasteiger partial charge in [-0.05, 0) is 38.2 Å². The van der Waals surface area contributed by atoms with Crippen molar-refractivity contribution in [2.45, 2.75) is 26.2 Å². The Morgan fingerprint density at radius 1 is 1.28 bits per heavy atom. The van der Waals surface area contributed by atoms with Gasteiger partial charge in [0.05, 0.1) is 11.6 Å². The third-order valence-electron chi connectivity index (χ3n) is 2.79. The maximum atomic E-state index is 12.1. The highest BCUT2D eigenvalue weighted by atomic mass is 35.5. The lowest BCUT2D eigenvalue weighted by molar-refractivity contribution is 0.0945. The van der Waals surface area contributed by atoms with Crippen LogP contribution in [0.15, 0.2) is 18.2 Å². The van der Waals surface area contributed by atoms with E-state index in [0.717, 1.165) is 13.0 Å². The number of likely N-dealkylation sites (N-methyl/N-ethyl adjacent to an activating group) is 1. The van der Waals surface area contributed by atoms with Gasteiger partial charge in [0.25, 0.3) is 0 Å². The maximum absolute atomic E-state index is 12.1. The fourth-order valence-corrected chi connectivity index (χ4v) is 2.27. The van der Waals surface area contributed by atoms with Gasteiger partial charge in [-0.2, -0.15) is 0 Å². The summed E-state index contributed by atoms with van der Waals surface area (Å²) in [5, 5.41) is 0.974. The zero-order chi connectivity index (χ0) is 13.5. The number of nitrogens with zero attached hydrogens (tertiary/aromatic N) is 1. The van der Waals surface area contributed by atoms with Gasteiger partial charge in [0, 0.05) is 10.6 Å². The first kappa shape index (κ1) is 15.5. The quantitative estimate of drug-likeness (QED) is 0.551. The molecule has 1 aromatic rings. The second-order valence-electron chi connectivity index (χ2n) is 4.49. The molecule has 1 rings (SSSR count). The average molecular weight is 288 g/mol. The van der Waals surface area contributed by atoms with E-state index >= 15 is 0 Å². The van der Waals surface area contributed by atoms with Gasteiger partial charge < -0.3 is 0 Å². The number of rotatable bonds is 7. The van der Waals surface area contributed by atoms with Crippen molar-refractivity contribution >= 4 is 29.0 Å². The van der Waals surface area contributed by atoms with Crippen LogP contribution >= 0.6 is 23.2 Å². The summed E-state index contributed by atoms with van der Waals surface area (Å²) < 4.78 is 0. The summed E-state index contributed by atoms with van der Waals surface area (Å²) in [6.45, 7) is 3.49. The van der Waals surface area contributed by atoms with E-state index in [9.17, 15) is 4.79 Å². The van der Waals surface area contributed by atoms with Crippen molar-refractivity contribution in [1.29, 1.82) is 0 Å². The molecule has 0 aliphatic carbocycles. The number of halogens is 2. The average Bonchev–Trinajstić information content (AvgIpc) is 2.28. The Balaban J connectivity index is 2.54. The number of ketones is 1. The van der Waals surface area contributed by atoms with Gasteiger partial charge in [-0.1, -0.05) is 43.0 Å². The number of hydrogen-bond donors (Lipinski definition) is 0. The molecule has 0 saturated carbocycles. The van der Waals surface area contributed by atoms with E-state index in [4.69, 9.17) is 23.2 Å². The zero-order valence-electron chi connectivity index (χ0n) is 10.9. The van der Waals surface area contributed by atoms with Gasteiger partial charge in [0.1, 0.15) is 0 Å². The minimum atomic E-state index is 0.0377. The minimum absolute atomic E-state index is 0.0377. The normalized spacial score (nSPS) is 10.9. The van der Waals surface area contributed by atoms with Gasteiger partial charge in [-0.3, -0.25) is 9.69 Å². The Labute approximate surface area is 119 Å². The second-order valence-corrected chi connectivity index (χ2v) is 5.34. The van der Waals surface area contributed by atoms with Crippen molar-refractivity contribution in [3.63, 3.8) is 0 Å². The smallest absolute Gasteiger partial charge is 0.178 e. The van der Waals surface area contributed by atoms with Crippen LogP contribution in [0.4, 0.5) is 0 Å².